The van der Waals surface area contributed by atoms with Gasteiger partial charge in [-0.25, -0.2) is 0 Å². The topological polar surface area (TPSA) is 29.5 Å². The Morgan fingerprint density at radius 2 is 1.88 bits per heavy atom. The zero-order valence-corrected chi connectivity index (χ0v) is 9.52. The zero-order chi connectivity index (χ0) is 12.2. The highest BCUT2D eigenvalue weighted by molar-refractivity contribution is 4.92. The molecule has 0 spiro atoms. The molecule has 1 unspecified atom stereocenters. The fourth-order valence-corrected chi connectivity index (χ4v) is 2.41. The summed E-state index contributed by atoms with van der Waals surface area (Å²) in [7, 11) is 1.53. The molecule has 0 aromatic rings. The minimum atomic E-state index is -4.13. The van der Waals surface area contributed by atoms with E-state index in [1.54, 1.807) is 0 Å². The maximum absolute atomic E-state index is 11.9. The molecule has 16 heavy (non-hydrogen) atoms. The Labute approximate surface area is 93.8 Å². The number of rotatable bonds is 5. The first kappa shape index (κ1) is 13.8. The van der Waals surface area contributed by atoms with Crippen molar-refractivity contribution >= 4 is 0 Å². The standard InChI is InChI=1S/C11H19F3O2/c1-16-10(6-2-3-7-10)9(15)5-4-8-11(12,13)14/h9,15H,2-8H2,1H3. The number of alkyl halides is 3. The molecule has 0 saturated heterocycles. The van der Waals surface area contributed by atoms with Crippen LogP contribution in [0.3, 0.4) is 0 Å². The molecule has 1 aliphatic rings. The molecule has 1 rings (SSSR count). The summed E-state index contributed by atoms with van der Waals surface area (Å²) in [6, 6.07) is 0. The van der Waals surface area contributed by atoms with Crippen LogP contribution in [-0.4, -0.2) is 30.1 Å². The number of methoxy groups -OCH3 is 1. The normalized spacial score (nSPS) is 22.3. The van der Waals surface area contributed by atoms with E-state index in [4.69, 9.17) is 4.74 Å². The molecular formula is C11H19F3O2. The van der Waals surface area contributed by atoms with E-state index in [1.807, 2.05) is 0 Å². The van der Waals surface area contributed by atoms with Crippen molar-refractivity contribution in [3.05, 3.63) is 0 Å². The highest BCUT2D eigenvalue weighted by atomic mass is 19.4. The summed E-state index contributed by atoms with van der Waals surface area (Å²) in [4.78, 5) is 0. The third kappa shape index (κ3) is 3.63. The summed E-state index contributed by atoms with van der Waals surface area (Å²) in [6.07, 6.45) is -2.16. The van der Waals surface area contributed by atoms with E-state index in [2.05, 4.69) is 0 Å². The van der Waals surface area contributed by atoms with Crippen LogP contribution in [0.2, 0.25) is 0 Å². The number of ether oxygens (including phenoxy) is 1. The van der Waals surface area contributed by atoms with E-state index < -0.39 is 24.3 Å². The Morgan fingerprint density at radius 1 is 1.31 bits per heavy atom. The first-order valence-corrected chi connectivity index (χ1v) is 5.70. The fourth-order valence-electron chi connectivity index (χ4n) is 2.41. The zero-order valence-electron chi connectivity index (χ0n) is 9.52. The van der Waals surface area contributed by atoms with Crippen LogP contribution >= 0.6 is 0 Å². The molecule has 5 heteroatoms. The molecule has 2 nitrogen and oxygen atoms in total. The minimum Gasteiger partial charge on any atom is -0.390 e. The van der Waals surface area contributed by atoms with Gasteiger partial charge in [0.2, 0.25) is 0 Å². The molecule has 96 valence electrons. The van der Waals surface area contributed by atoms with E-state index >= 15 is 0 Å². The lowest BCUT2D eigenvalue weighted by Gasteiger charge is -2.33. The van der Waals surface area contributed by atoms with Crippen LogP contribution < -0.4 is 0 Å². The maximum Gasteiger partial charge on any atom is 0.389 e. The third-order valence-electron chi connectivity index (χ3n) is 3.40. The van der Waals surface area contributed by atoms with Gasteiger partial charge in [-0.1, -0.05) is 12.8 Å². The number of hydrogen-bond donors (Lipinski definition) is 1. The molecule has 0 heterocycles. The van der Waals surface area contributed by atoms with Crippen molar-refractivity contribution < 1.29 is 23.0 Å². The van der Waals surface area contributed by atoms with Crippen molar-refractivity contribution in [1.29, 1.82) is 0 Å². The van der Waals surface area contributed by atoms with E-state index in [9.17, 15) is 18.3 Å². The predicted octanol–water partition coefficient (Wildman–Crippen LogP) is 3.04. The SMILES string of the molecule is COC1(C(O)CCCC(F)(F)F)CCCC1. The van der Waals surface area contributed by atoms with E-state index in [0.717, 1.165) is 25.7 Å². The molecule has 0 bridgehead atoms. The Hall–Kier alpha value is -0.290. The van der Waals surface area contributed by atoms with Crippen molar-refractivity contribution in [2.75, 3.05) is 7.11 Å². The Bertz CT molecular complexity index is 210. The largest absolute Gasteiger partial charge is 0.390 e. The number of aliphatic hydroxyl groups is 1. The van der Waals surface area contributed by atoms with Gasteiger partial charge in [-0.3, -0.25) is 0 Å². The van der Waals surface area contributed by atoms with Gasteiger partial charge in [0, 0.05) is 13.5 Å². The van der Waals surface area contributed by atoms with Crippen LogP contribution in [0.5, 0.6) is 0 Å². The second kappa shape index (κ2) is 5.36. The molecule has 0 radical (unpaired) electrons. The molecule has 1 saturated carbocycles. The van der Waals surface area contributed by atoms with E-state index in [1.165, 1.54) is 7.11 Å². The first-order valence-electron chi connectivity index (χ1n) is 5.70. The van der Waals surface area contributed by atoms with Crippen molar-refractivity contribution in [3.63, 3.8) is 0 Å². The van der Waals surface area contributed by atoms with Crippen LogP contribution in [0.4, 0.5) is 13.2 Å². The van der Waals surface area contributed by atoms with Crippen LogP contribution in [0.15, 0.2) is 0 Å². The van der Waals surface area contributed by atoms with Crippen LogP contribution in [0, 0.1) is 0 Å². The van der Waals surface area contributed by atoms with Crippen molar-refractivity contribution in [3.8, 4) is 0 Å². The van der Waals surface area contributed by atoms with Crippen molar-refractivity contribution in [2.45, 2.75) is 62.8 Å². The Balaban J connectivity index is 2.36. The smallest absolute Gasteiger partial charge is 0.389 e. The molecule has 0 aromatic heterocycles. The number of halogens is 3. The first-order chi connectivity index (χ1) is 7.40. The Morgan fingerprint density at radius 3 is 2.31 bits per heavy atom. The third-order valence-corrected chi connectivity index (χ3v) is 3.40. The molecule has 0 aromatic carbocycles. The van der Waals surface area contributed by atoms with Gasteiger partial charge in [0.25, 0.3) is 0 Å². The highest BCUT2D eigenvalue weighted by Gasteiger charge is 2.40. The van der Waals surface area contributed by atoms with E-state index in [-0.39, 0.29) is 12.8 Å². The van der Waals surface area contributed by atoms with Gasteiger partial charge >= 0.3 is 6.18 Å². The quantitative estimate of drug-likeness (QED) is 0.800. The average molecular weight is 240 g/mol. The van der Waals surface area contributed by atoms with Crippen molar-refractivity contribution in [2.24, 2.45) is 0 Å². The van der Waals surface area contributed by atoms with Crippen LogP contribution in [0.25, 0.3) is 0 Å². The molecule has 0 amide bonds. The van der Waals surface area contributed by atoms with Crippen LogP contribution in [0.1, 0.15) is 44.9 Å². The molecule has 1 aliphatic carbocycles. The molecule has 1 fully saturated rings. The average Bonchev–Trinajstić information content (AvgIpc) is 2.65. The second-order valence-corrected chi connectivity index (χ2v) is 4.50. The van der Waals surface area contributed by atoms with Gasteiger partial charge in [-0.05, 0) is 25.7 Å². The fraction of sp³-hybridized carbons (Fsp3) is 1.00. The lowest BCUT2D eigenvalue weighted by Crippen LogP contribution is -2.41. The molecule has 1 N–H and O–H groups in total. The van der Waals surface area contributed by atoms with Crippen molar-refractivity contribution in [1.82, 2.24) is 0 Å². The van der Waals surface area contributed by atoms with Gasteiger partial charge in [0.15, 0.2) is 0 Å². The van der Waals surface area contributed by atoms with Gasteiger partial charge in [0.1, 0.15) is 0 Å². The lowest BCUT2D eigenvalue weighted by molar-refractivity contribution is -0.141. The molecule has 0 aliphatic heterocycles. The maximum atomic E-state index is 11.9. The van der Waals surface area contributed by atoms with Gasteiger partial charge in [-0.15, -0.1) is 0 Å². The predicted molar refractivity (Wildman–Crippen MR) is 54.1 cm³/mol. The summed E-state index contributed by atoms with van der Waals surface area (Å²) in [6.45, 7) is 0. The van der Waals surface area contributed by atoms with Crippen LogP contribution in [-0.2, 0) is 4.74 Å². The molecule has 1 atom stereocenters. The highest BCUT2D eigenvalue weighted by Crippen LogP contribution is 2.37. The summed E-state index contributed by atoms with van der Waals surface area (Å²) >= 11 is 0. The Kier molecular flexibility index (Phi) is 4.62. The number of aliphatic hydroxyl groups excluding tert-OH is 1. The summed E-state index contributed by atoms with van der Waals surface area (Å²) in [5.41, 5.74) is -0.592. The second-order valence-electron chi connectivity index (χ2n) is 4.50. The lowest BCUT2D eigenvalue weighted by atomic mass is 9.91. The van der Waals surface area contributed by atoms with Gasteiger partial charge in [-0.2, -0.15) is 13.2 Å². The number of hydrogen-bond acceptors (Lipinski definition) is 2. The van der Waals surface area contributed by atoms with E-state index in [0.29, 0.717) is 0 Å². The summed E-state index contributed by atoms with van der Waals surface area (Å²) in [5.74, 6) is 0. The summed E-state index contributed by atoms with van der Waals surface area (Å²) < 4.78 is 41.2. The minimum absolute atomic E-state index is 0.0320. The van der Waals surface area contributed by atoms with Gasteiger partial charge in [0.05, 0.1) is 11.7 Å². The van der Waals surface area contributed by atoms with Gasteiger partial charge < -0.3 is 9.84 Å². The molecular weight excluding hydrogens is 221 g/mol. The monoisotopic (exact) mass is 240 g/mol. The summed E-state index contributed by atoms with van der Waals surface area (Å²) in [5, 5.41) is 9.90.